The van der Waals surface area contributed by atoms with Crippen LogP contribution in [0.4, 0.5) is 0 Å². The fourth-order valence-electron chi connectivity index (χ4n) is 3.18. The van der Waals surface area contributed by atoms with Crippen LogP contribution in [0.5, 0.6) is 5.75 Å². The molecule has 1 aliphatic carbocycles. The number of phenols is 1. The summed E-state index contributed by atoms with van der Waals surface area (Å²) in [5, 5.41) is 9.33. The molecule has 24 heavy (non-hydrogen) atoms. The summed E-state index contributed by atoms with van der Waals surface area (Å²) in [6.45, 7) is 3.95. The largest absolute Gasteiger partial charge is 0.508 e. The second-order valence-electron chi connectivity index (χ2n) is 7.17. The number of hydrogen-bond donors (Lipinski definition) is 1. The molecule has 1 saturated carbocycles. The van der Waals surface area contributed by atoms with Crippen LogP contribution in [0, 0.1) is 5.92 Å². The number of aromatic hydroxyl groups is 1. The normalized spacial score (nSPS) is 21.3. The summed E-state index contributed by atoms with van der Waals surface area (Å²) in [6, 6.07) is 7.25. The molecule has 1 fully saturated rings. The molecule has 0 heterocycles. The van der Waals surface area contributed by atoms with Crippen molar-refractivity contribution in [3.05, 3.63) is 35.9 Å². The SMILES string of the molecule is CC1CCC(N(CCN(C)C)C(=O)C=Cc2ccc(O)cc2)CC1. The summed E-state index contributed by atoms with van der Waals surface area (Å²) >= 11 is 0. The second kappa shape index (κ2) is 8.88. The van der Waals surface area contributed by atoms with E-state index in [1.165, 1.54) is 12.8 Å². The van der Waals surface area contributed by atoms with Gasteiger partial charge in [0.05, 0.1) is 0 Å². The van der Waals surface area contributed by atoms with Crippen LogP contribution in [0.1, 0.15) is 38.2 Å². The summed E-state index contributed by atoms with van der Waals surface area (Å²) in [5.41, 5.74) is 0.922. The van der Waals surface area contributed by atoms with Gasteiger partial charge in [0.15, 0.2) is 0 Å². The molecular formula is C20H30N2O2. The number of hydrogen-bond acceptors (Lipinski definition) is 3. The Labute approximate surface area is 145 Å². The van der Waals surface area contributed by atoms with Gasteiger partial charge >= 0.3 is 0 Å². The Morgan fingerprint density at radius 3 is 2.33 bits per heavy atom. The summed E-state index contributed by atoms with van der Waals surface area (Å²) < 4.78 is 0. The standard InChI is InChI=1S/C20H30N2O2/c1-16-4-9-18(10-5-16)22(15-14-21(2)3)20(24)13-8-17-6-11-19(23)12-7-17/h6-8,11-13,16,18,23H,4-5,9-10,14-15H2,1-3H3. The molecule has 0 unspecified atom stereocenters. The Balaban J connectivity index is 2.04. The van der Waals surface area contributed by atoms with Crippen molar-refractivity contribution < 1.29 is 9.90 Å². The number of rotatable bonds is 6. The lowest BCUT2D eigenvalue weighted by molar-refractivity contribution is -0.129. The van der Waals surface area contributed by atoms with Gasteiger partial charge in [-0.15, -0.1) is 0 Å². The van der Waals surface area contributed by atoms with Crippen molar-refractivity contribution in [2.75, 3.05) is 27.2 Å². The lowest BCUT2D eigenvalue weighted by Gasteiger charge is -2.36. The van der Waals surface area contributed by atoms with Gasteiger partial charge in [-0.3, -0.25) is 4.79 Å². The van der Waals surface area contributed by atoms with Gasteiger partial charge in [0.25, 0.3) is 0 Å². The van der Waals surface area contributed by atoms with E-state index in [9.17, 15) is 9.90 Å². The van der Waals surface area contributed by atoms with Crippen LogP contribution in [0.3, 0.4) is 0 Å². The minimum Gasteiger partial charge on any atom is -0.508 e. The van der Waals surface area contributed by atoms with Crippen LogP contribution in [-0.4, -0.2) is 54.0 Å². The highest BCUT2D eigenvalue weighted by Crippen LogP contribution is 2.27. The van der Waals surface area contributed by atoms with Crippen LogP contribution in [-0.2, 0) is 4.79 Å². The van der Waals surface area contributed by atoms with E-state index >= 15 is 0 Å². The molecule has 1 aromatic carbocycles. The third-order valence-electron chi connectivity index (χ3n) is 4.81. The third kappa shape index (κ3) is 5.68. The van der Waals surface area contributed by atoms with E-state index in [0.717, 1.165) is 37.4 Å². The van der Waals surface area contributed by atoms with E-state index in [2.05, 4.69) is 11.8 Å². The highest BCUT2D eigenvalue weighted by Gasteiger charge is 2.26. The van der Waals surface area contributed by atoms with Gasteiger partial charge in [-0.2, -0.15) is 0 Å². The van der Waals surface area contributed by atoms with E-state index in [0.29, 0.717) is 6.04 Å². The number of likely N-dealkylation sites (N-methyl/N-ethyl adjacent to an activating group) is 1. The third-order valence-corrected chi connectivity index (χ3v) is 4.81. The van der Waals surface area contributed by atoms with Crippen LogP contribution < -0.4 is 0 Å². The average molecular weight is 330 g/mol. The van der Waals surface area contributed by atoms with E-state index in [1.807, 2.05) is 37.2 Å². The molecular weight excluding hydrogens is 300 g/mol. The molecule has 0 radical (unpaired) electrons. The predicted molar refractivity (Wildman–Crippen MR) is 98.8 cm³/mol. The molecule has 1 aliphatic rings. The zero-order valence-electron chi connectivity index (χ0n) is 15.1. The maximum Gasteiger partial charge on any atom is 0.246 e. The van der Waals surface area contributed by atoms with Crippen molar-refractivity contribution in [2.45, 2.75) is 38.6 Å². The fraction of sp³-hybridized carbons (Fsp3) is 0.550. The second-order valence-corrected chi connectivity index (χ2v) is 7.17. The number of benzene rings is 1. The molecule has 4 nitrogen and oxygen atoms in total. The lowest BCUT2D eigenvalue weighted by atomic mass is 9.86. The van der Waals surface area contributed by atoms with Crippen molar-refractivity contribution in [3.63, 3.8) is 0 Å². The number of carbonyl (C=O) groups is 1. The van der Waals surface area contributed by atoms with Gasteiger partial charge in [0.2, 0.25) is 5.91 Å². The first kappa shape index (κ1) is 18.5. The zero-order valence-corrected chi connectivity index (χ0v) is 15.1. The Bertz CT molecular complexity index is 543. The Kier molecular flexibility index (Phi) is 6.85. The first-order chi connectivity index (χ1) is 11.5. The van der Waals surface area contributed by atoms with Gasteiger partial charge in [0, 0.05) is 25.2 Å². The smallest absolute Gasteiger partial charge is 0.246 e. The van der Waals surface area contributed by atoms with Gasteiger partial charge in [-0.25, -0.2) is 0 Å². The summed E-state index contributed by atoms with van der Waals surface area (Å²) in [7, 11) is 4.08. The summed E-state index contributed by atoms with van der Waals surface area (Å²) in [4.78, 5) is 16.9. The van der Waals surface area contributed by atoms with Crippen LogP contribution >= 0.6 is 0 Å². The molecule has 4 heteroatoms. The van der Waals surface area contributed by atoms with Gasteiger partial charge in [-0.05, 0) is 69.5 Å². The molecule has 1 amide bonds. The minimum absolute atomic E-state index is 0.0875. The van der Waals surface area contributed by atoms with Gasteiger partial charge < -0.3 is 14.9 Å². The maximum absolute atomic E-state index is 12.7. The summed E-state index contributed by atoms with van der Waals surface area (Å²) in [5.74, 6) is 1.10. The number of nitrogens with zero attached hydrogens (tertiary/aromatic N) is 2. The molecule has 0 atom stereocenters. The highest BCUT2D eigenvalue weighted by atomic mass is 16.3. The first-order valence-electron chi connectivity index (χ1n) is 8.88. The Hall–Kier alpha value is -1.81. The minimum atomic E-state index is 0.0875. The maximum atomic E-state index is 12.7. The average Bonchev–Trinajstić information content (AvgIpc) is 2.56. The van der Waals surface area contributed by atoms with E-state index in [-0.39, 0.29) is 11.7 Å². The van der Waals surface area contributed by atoms with Crippen LogP contribution in [0.15, 0.2) is 30.3 Å². The Morgan fingerprint density at radius 1 is 1.12 bits per heavy atom. The topological polar surface area (TPSA) is 43.8 Å². The molecule has 2 rings (SSSR count). The van der Waals surface area contributed by atoms with Gasteiger partial charge in [-0.1, -0.05) is 19.1 Å². The quantitative estimate of drug-likeness (QED) is 0.813. The molecule has 0 bridgehead atoms. The molecule has 1 aromatic rings. The van der Waals surface area contributed by atoms with Crippen LogP contribution in [0.25, 0.3) is 6.08 Å². The van der Waals surface area contributed by atoms with E-state index in [1.54, 1.807) is 18.2 Å². The lowest BCUT2D eigenvalue weighted by Crippen LogP contribution is -2.44. The van der Waals surface area contributed by atoms with Crippen molar-refractivity contribution >= 4 is 12.0 Å². The predicted octanol–water partition coefficient (Wildman–Crippen LogP) is 3.37. The molecule has 132 valence electrons. The van der Waals surface area contributed by atoms with Crippen molar-refractivity contribution in [1.29, 1.82) is 0 Å². The molecule has 0 saturated heterocycles. The van der Waals surface area contributed by atoms with Crippen molar-refractivity contribution in [2.24, 2.45) is 5.92 Å². The number of carbonyl (C=O) groups excluding carboxylic acids is 1. The first-order valence-corrected chi connectivity index (χ1v) is 8.88. The van der Waals surface area contributed by atoms with Crippen molar-refractivity contribution in [1.82, 2.24) is 9.80 Å². The molecule has 0 aromatic heterocycles. The van der Waals surface area contributed by atoms with E-state index < -0.39 is 0 Å². The number of phenolic OH excluding ortho intramolecular Hbond substituents is 1. The summed E-state index contributed by atoms with van der Waals surface area (Å²) in [6.07, 6.45) is 8.12. The monoisotopic (exact) mass is 330 g/mol. The van der Waals surface area contributed by atoms with Crippen LogP contribution in [0.2, 0.25) is 0 Å². The fourth-order valence-corrected chi connectivity index (χ4v) is 3.18. The van der Waals surface area contributed by atoms with Gasteiger partial charge in [0.1, 0.15) is 5.75 Å². The zero-order chi connectivity index (χ0) is 17.5. The van der Waals surface area contributed by atoms with E-state index in [4.69, 9.17) is 0 Å². The highest BCUT2D eigenvalue weighted by molar-refractivity contribution is 5.92. The number of amides is 1. The van der Waals surface area contributed by atoms with Crippen molar-refractivity contribution in [3.8, 4) is 5.75 Å². The molecule has 1 N–H and O–H groups in total. The molecule has 0 aliphatic heterocycles. The molecule has 0 spiro atoms. The Morgan fingerprint density at radius 2 is 1.75 bits per heavy atom.